The predicted octanol–water partition coefficient (Wildman–Crippen LogP) is 5.38. The Bertz CT molecular complexity index is 1720. The summed E-state index contributed by atoms with van der Waals surface area (Å²) in [6.45, 7) is 1.86. The lowest BCUT2D eigenvalue weighted by atomic mass is 9.99. The van der Waals surface area contributed by atoms with Crippen molar-refractivity contribution >= 4 is 33.9 Å². The zero-order valence-corrected chi connectivity index (χ0v) is 20.3. The second-order valence-electron chi connectivity index (χ2n) is 8.13. The molecule has 0 spiro atoms. The molecule has 0 radical (unpaired) electrons. The van der Waals surface area contributed by atoms with Crippen LogP contribution in [0.1, 0.15) is 21.5 Å². The number of hydrogen-bond donors (Lipinski definition) is 2. The van der Waals surface area contributed by atoms with Crippen molar-refractivity contribution < 1.29 is 14.6 Å². The van der Waals surface area contributed by atoms with Crippen molar-refractivity contribution in [3.8, 4) is 23.5 Å². The van der Waals surface area contributed by atoms with Crippen molar-refractivity contribution in [2.75, 3.05) is 12.4 Å². The number of aryl methyl sites for hydroxylation is 1. The van der Waals surface area contributed by atoms with E-state index in [1.54, 1.807) is 43.5 Å². The molecule has 2 N–H and O–H groups in total. The number of carbonyl (C=O) groups excluding carboxylic acids is 1. The molecule has 0 atom stereocenters. The first-order valence-corrected chi connectivity index (χ1v) is 11.4. The van der Waals surface area contributed by atoms with Crippen molar-refractivity contribution in [1.29, 1.82) is 5.26 Å². The van der Waals surface area contributed by atoms with E-state index < -0.39 is 5.91 Å². The summed E-state index contributed by atoms with van der Waals surface area (Å²) in [7, 11) is 1.55. The Morgan fingerprint density at radius 1 is 1.11 bits per heavy atom. The molecule has 0 saturated heterocycles. The molecule has 38 heavy (non-hydrogen) atoms. The zero-order valence-electron chi connectivity index (χ0n) is 20.3. The number of nitrogens with one attached hydrogen (secondary N) is 1. The molecule has 0 fully saturated rings. The van der Waals surface area contributed by atoms with Gasteiger partial charge in [-0.05, 0) is 54.3 Å². The fraction of sp³-hybridized carbons (Fsp3) is 0.0741. The SMILES string of the molecule is COc1ccc(NC(=O)c2cc3cccc(C)c3c(N=Nc3c(C#N)cnn3-c3ncccn3)c2O)cc1. The van der Waals surface area contributed by atoms with Gasteiger partial charge < -0.3 is 15.2 Å². The molecule has 0 aliphatic heterocycles. The first kappa shape index (κ1) is 24.1. The lowest BCUT2D eigenvalue weighted by Gasteiger charge is -2.13. The molecule has 1 amide bonds. The number of nitrogens with zero attached hydrogens (tertiary/aromatic N) is 7. The van der Waals surface area contributed by atoms with E-state index in [0.29, 0.717) is 22.2 Å². The number of amides is 1. The molecular formula is C27H20N8O3. The number of hydrogen-bond acceptors (Lipinski definition) is 9. The van der Waals surface area contributed by atoms with Crippen molar-refractivity contribution in [2.24, 2.45) is 10.2 Å². The summed E-state index contributed by atoms with van der Waals surface area (Å²) in [5.41, 5.74) is 1.55. The van der Waals surface area contributed by atoms with Gasteiger partial charge in [0, 0.05) is 23.5 Å². The molecule has 0 aliphatic carbocycles. The lowest BCUT2D eigenvalue weighted by molar-refractivity contribution is 0.102. The van der Waals surface area contributed by atoms with Crippen LogP contribution in [0.3, 0.4) is 0 Å². The van der Waals surface area contributed by atoms with Crippen LogP contribution >= 0.6 is 0 Å². The Labute approximate surface area is 216 Å². The standard InChI is InChI=1S/C27H20N8O3/c1-16-5-3-6-17-13-21(26(37)32-19-7-9-20(38-2)10-8-19)24(36)23(22(16)17)33-34-25-18(14-28)15-31-35(25)27-29-11-4-12-30-27/h3-13,15,36H,1-2H3,(H,32,37). The van der Waals surface area contributed by atoms with Gasteiger partial charge in [-0.2, -0.15) is 15.0 Å². The number of aromatic hydroxyl groups is 1. The maximum atomic E-state index is 13.2. The summed E-state index contributed by atoms with van der Waals surface area (Å²) in [6.07, 6.45) is 4.39. The molecule has 11 heteroatoms. The topological polar surface area (TPSA) is 151 Å². The fourth-order valence-corrected chi connectivity index (χ4v) is 3.91. The van der Waals surface area contributed by atoms with Crippen LogP contribution in [-0.2, 0) is 0 Å². The Morgan fingerprint density at radius 3 is 2.58 bits per heavy atom. The first-order chi connectivity index (χ1) is 18.5. The Hall–Kier alpha value is -5.63. The van der Waals surface area contributed by atoms with Crippen LogP contribution in [0.15, 0.2) is 83.4 Å². The number of phenolic OH excluding ortho intramolecular Hbond substituents is 1. The van der Waals surface area contributed by atoms with E-state index in [9.17, 15) is 15.2 Å². The van der Waals surface area contributed by atoms with Crippen LogP contribution in [0.2, 0.25) is 0 Å². The van der Waals surface area contributed by atoms with E-state index in [2.05, 4.69) is 30.6 Å². The zero-order chi connectivity index (χ0) is 26.6. The maximum absolute atomic E-state index is 13.2. The molecule has 2 heterocycles. The summed E-state index contributed by atoms with van der Waals surface area (Å²) in [5, 5.41) is 37.6. The normalized spacial score (nSPS) is 11.0. The summed E-state index contributed by atoms with van der Waals surface area (Å²) in [6, 6.07) is 17.6. The highest BCUT2D eigenvalue weighted by Crippen LogP contribution is 2.41. The average molecular weight is 505 g/mol. The molecule has 0 saturated carbocycles. The minimum absolute atomic E-state index is 0.00766. The molecule has 11 nitrogen and oxygen atoms in total. The molecule has 2 aromatic heterocycles. The van der Waals surface area contributed by atoms with Crippen LogP contribution in [0, 0.1) is 18.3 Å². The van der Waals surface area contributed by atoms with E-state index in [0.717, 1.165) is 5.56 Å². The highest BCUT2D eigenvalue weighted by atomic mass is 16.5. The highest BCUT2D eigenvalue weighted by Gasteiger charge is 2.21. The third kappa shape index (κ3) is 4.49. The van der Waals surface area contributed by atoms with E-state index >= 15 is 0 Å². The van der Waals surface area contributed by atoms with E-state index in [4.69, 9.17) is 4.74 Å². The van der Waals surface area contributed by atoms with Crippen LogP contribution in [0.4, 0.5) is 17.2 Å². The summed E-state index contributed by atoms with van der Waals surface area (Å²) in [4.78, 5) is 21.5. The van der Waals surface area contributed by atoms with E-state index in [1.807, 2.05) is 31.2 Å². The van der Waals surface area contributed by atoms with Crippen LogP contribution in [0.25, 0.3) is 16.7 Å². The van der Waals surface area contributed by atoms with Crippen LogP contribution in [-0.4, -0.2) is 37.9 Å². The smallest absolute Gasteiger partial charge is 0.259 e. The number of methoxy groups -OCH3 is 1. The first-order valence-electron chi connectivity index (χ1n) is 11.4. The second kappa shape index (κ2) is 10.2. The number of anilines is 1. The summed E-state index contributed by atoms with van der Waals surface area (Å²) in [5.74, 6) is 0.0235. The minimum atomic E-state index is -0.534. The highest BCUT2D eigenvalue weighted by molar-refractivity contribution is 6.12. The van der Waals surface area contributed by atoms with Gasteiger partial charge in [-0.15, -0.1) is 10.2 Å². The third-order valence-electron chi connectivity index (χ3n) is 5.76. The van der Waals surface area contributed by atoms with Crippen molar-refractivity contribution in [1.82, 2.24) is 19.7 Å². The quantitative estimate of drug-likeness (QED) is 0.295. The number of fused-ring (bicyclic) bond motifs is 1. The van der Waals surface area contributed by atoms with Gasteiger partial charge in [0.1, 0.15) is 23.1 Å². The second-order valence-corrected chi connectivity index (χ2v) is 8.13. The molecule has 0 aliphatic rings. The predicted molar refractivity (Wildman–Crippen MR) is 139 cm³/mol. The van der Waals surface area contributed by atoms with Gasteiger partial charge in [0.05, 0.1) is 18.9 Å². The van der Waals surface area contributed by atoms with Gasteiger partial charge in [0.2, 0.25) is 0 Å². The number of phenols is 1. The number of ether oxygens (including phenoxy) is 1. The van der Waals surface area contributed by atoms with Gasteiger partial charge in [-0.1, -0.05) is 18.2 Å². The number of aromatic nitrogens is 4. The Kier molecular flexibility index (Phi) is 6.44. The van der Waals surface area contributed by atoms with Gasteiger partial charge in [-0.25, -0.2) is 9.97 Å². The van der Waals surface area contributed by atoms with Crippen molar-refractivity contribution in [2.45, 2.75) is 6.92 Å². The Balaban J connectivity index is 1.61. The summed E-state index contributed by atoms with van der Waals surface area (Å²) >= 11 is 0. The van der Waals surface area contributed by atoms with Gasteiger partial charge in [0.25, 0.3) is 11.9 Å². The average Bonchev–Trinajstić information content (AvgIpc) is 3.36. The molecule has 5 rings (SSSR count). The number of carbonyl (C=O) groups is 1. The largest absolute Gasteiger partial charge is 0.505 e. The maximum Gasteiger partial charge on any atom is 0.259 e. The number of benzene rings is 3. The summed E-state index contributed by atoms with van der Waals surface area (Å²) < 4.78 is 6.43. The van der Waals surface area contributed by atoms with E-state index in [1.165, 1.54) is 23.3 Å². The van der Waals surface area contributed by atoms with Crippen molar-refractivity contribution in [3.05, 3.63) is 89.9 Å². The minimum Gasteiger partial charge on any atom is -0.505 e. The van der Waals surface area contributed by atoms with E-state index in [-0.39, 0.29) is 34.3 Å². The van der Waals surface area contributed by atoms with Crippen LogP contribution in [0.5, 0.6) is 11.5 Å². The number of rotatable bonds is 6. The monoisotopic (exact) mass is 504 g/mol. The number of nitriles is 1. The molecule has 0 bridgehead atoms. The van der Waals surface area contributed by atoms with Crippen LogP contribution < -0.4 is 10.1 Å². The molecule has 5 aromatic rings. The molecule has 3 aromatic carbocycles. The fourth-order valence-electron chi connectivity index (χ4n) is 3.91. The lowest BCUT2D eigenvalue weighted by Crippen LogP contribution is -2.12. The van der Waals surface area contributed by atoms with Gasteiger partial charge in [-0.3, -0.25) is 4.79 Å². The van der Waals surface area contributed by atoms with Gasteiger partial charge >= 0.3 is 0 Å². The molecule has 0 unspecified atom stereocenters. The molecular weight excluding hydrogens is 484 g/mol. The van der Waals surface area contributed by atoms with Crippen molar-refractivity contribution in [3.63, 3.8) is 0 Å². The Morgan fingerprint density at radius 2 is 1.87 bits per heavy atom. The number of azo groups is 1. The third-order valence-corrected chi connectivity index (χ3v) is 5.76. The molecule has 186 valence electrons. The van der Waals surface area contributed by atoms with Gasteiger partial charge in [0.15, 0.2) is 11.6 Å².